The third-order valence-electron chi connectivity index (χ3n) is 3.74. The normalized spacial score (nSPS) is 14.2. The van der Waals surface area contributed by atoms with Gasteiger partial charge in [0.2, 0.25) is 5.91 Å². The van der Waals surface area contributed by atoms with Gasteiger partial charge >= 0.3 is 0 Å². The third-order valence-corrected chi connectivity index (χ3v) is 5.43. The molecule has 1 heterocycles. The Labute approximate surface area is 140 Å². The summed E-state index contributed by atoms with van der Waals surface area (Å²) in [4.78, 5) is 17.4. The lowest BCUT2D eigenvalue weighted by atomic mass is 10.0. The van der Waals surface area contributed by atoms with Crippen molar-refractivity contribution in [2.45, 2.75) is 39.3 Å². The fourth-order valence-corrected chi connectivity index (χ4v) is 4.12. The Morgan fingerprint density at radius 2 is 1.95 bits per heavy atom. The number of carbonyl (C=O) groups is 1. The van der Waals surface area contributed by atoms with E-state index >= 15 is 0 Å². The van der Waals surface area contributed by atoms with Crippen LogP contribution in [0.1, 0.15) is 38.1 Å². The summed E-state index contributed by atoms with van der Waals surface area (Å²) < 4.78 is 1.09. The van der Waals surface area contributed by atoms with Gasteiger partial charge in [0, 0.05) is 24.0 Å². The van der Waals surface area contributed by atoms with Gasteiger partial charge in [-0.25, -0.2) is 0 Å². The molecule has 0 radical (unpaired) electrons. The highest BCUT2D eigenvalue weighted by Gasteiger charge is 2.26. The Morgan fingerprint density at radius 3 is 2.38 bits per heavy atom. The molecule has 0 aliphatic heterocycles. The molecular weight excluding hydrogens is 350 g/mol. The molecule has 0 aliphatic rings. The summed E-state index contributed by atoms with van der Waals surface area (Å²) in [5.74, 6) is 0.159. The summed E-state index contributed by atoms with van der Waals surface area (Å²) in [6.07, 6.45) is 0.879. The molecular formula is C15H26BrN3OS. The van der Waals surface area contributed by atoms with Crippen molar-refractivity contribution in [1.82, 2.24) is 9.80 Å². The van der Waals surface area contributed by atoms with Crippen molar-refractivity contribution in [2.75, 3.05) is 26.7 Å². The van der Waals surface area contributed by atoms with Gasteiger partial charge in [-0.1, -0.05) is 6.92 Å². The van der Waals surface area contributed by atoms with Gasteiger partial charge in [-0.3, -0.25) is 9.69 Å². The molecule has 1 aromatic rings. The predicted molar refractivity (Wildman–Crippen MR) is 93.6 cm³/mol. The van der Waals surface area contributed by atoms with Crippen LogP contribution in [0.25, 0.3) is 0 Å². The highest BCUT2D eigenvalue weighted by Crippen LogP contribution is 2.32. The second kappa shape index (κ2) is 8.88. The van der Waals surface area contributed by atoms with Crippen LogP contribution in [0.15, 0.2) is 15.9 Å². The summed E-state index contributed by atoms with van der Waals surface area (Å²) in [5.41, 5.74) is 6.30. The fourth-order valence-electron chi connectivity index (χ4n) is 2.45. The summed E-state index contributed by atoms with van der Waals surface area (Å²) in [6, 6.07) is 4.22. The monoisotopic (exact) mass is 375 g/mol. The topological polar surface area (TPSA) is 49.6 Å². The summed E-state index contributed by atoms with van der Waals surface area (Å²) >= 11 is 5.19. The Morgan fingerprint density at radius 1 is 1.33 bits per heavy atom. The van der Waals surface area contributed by atoms with Crippen LogP contribution in [-0.2, 0) is 4.79 Å². The van der Waals surface area contributed by atoms with Crippen LogP contribution in [-0.4, -0.2) is 48.4 Å². The highest BCUT2D eigenvalue weighted by molar-refractivity contribution is 9.11. The van der Waals surface area contributed by atoms with E-state index < -0.39 is 0 Å². The van der Waals surface area contributed by atoms with E-state index in [-0.39, 0.29) is 18.0 Å². The number of halogens is 1. The average Bonchev–Trinajstić information content (AvgIpc) is 2.86. The first kappa shape index (κ1) is 18.6. The van der Waals surface area contributed by atoms with Crippen molar-refractivity contribution in [3.8, 4) is 0 Å². The first-order valence-corrected chi connectivity index (χ1v) is 9.04. The van der Waals surface area contributed by atoms with Gasteiger partial charge in [0.05, 0.1) is 16.4 Å². The molecule has 2 N–H and O–H groups in total. The van der Waals surface area contributed by atoms with Crippen LogP contribution < -0.4 is 5.73 Å². The minimum Gasteiger partial charge on any atom is -0.342 e. The molecule has 0 aromatic carbocycles. The van der Waals surface area contributed by atoms with Gasteiger partial charge in [0.25, 0.3) is 0 Å². The maximum Gasteiger partial charge on any atom is 0.236 e. The zero-order valence-electron chi connectivity index (χ0n) is 13.3. The Bertz CT molecular complexity index is 448. The summed E-state index contributed by atoms with van der Waals surface area (Å²) in [6.45, 7) is 7.99. The van der Waals surface area contributed by atoms with Gasteiger partial charge in [0.15, 0.2) is 0 Å². The van der Waals surface area contributed by atoms with Crippen LogP contribution in [0, 0.1) is 0 Å². The first-order chi connectivity index (χ1) is 9.94. The zero-order valence-corrected chi connectivity index (χ0v) is 15.7. The Kier molecular flexibility index (Phi) is 7.87. The maximum absolute atomic E-state index is 12.3. The lowest BCUT2D eigenvalue weighted by molar-refractivity contribution is -0.132. The molecule has 0 aliphatic carbocycles. The molecule has 0 fully saturated rings. The number of hydrogen-bond acceptors (Lipinski definition) is 4. The number of nitrogens with two attached hydrogens (primary N) is 1. The van der Waals surface area contributed by atoms with Crippen molar-refractivity contribution in [2.24, 2.45) is 5.73 Å². The lowest BCUT2D eigenvalue weighted by Crippen LogP contribution is -2.44. The number of hydrogen-bond donors (Lipinski definition) is 1. The zero-order chi connectivity index (χ0) is 16.0. The molecule has 2 atom stereocenters. The minimum absolute atomic E-state index is 0.0186. The van der Waals surface area contributed by atoms with Crippen LogP contribution >= 0.6 is 27.3 Å². The fraction of sp³-hybridized carbons (Fsp3) is 0.667. The molecule has 0 saturated heterocycles. The third kappa shape index (κ3) is 5.06. The lowest BCUT2D eigenvalue weighted by Gasteiger charge is -2.32. The standard InChI is InChI=1S/C15H26BrN3OS/c1-5-11(17)15(12-8-9-13(16)21-12)18(4)10-14(20)19(6-2)7-3/h8-9,11,15H,5-7,10,17H2,1-4H3. The van der Waals surface area contributed by atoms with Crippen molar-refractivity contribution in [3.05, 3.63) is 20.8 Å². The second-order valence-electron chi connectivity index (χ2n) is 5.14. The van der Waals surface area contributed by atoms with Crippen molar-refractivity contribution in [1.29, 1.82) is 0 Å². The average molecular weight is 376 g/mol. The van der Waals surface area contributed by atoms with Gasteiger partial charge in [-0.2, -0.15) is 0 Å². The molecule has 1 amide bonds. The smallest absolute Gasteiger partial charge is 0.236 e. The molecule has 120 valence electrons. The molecule has 0 spiro atoms. The second-order valence-corrected chi connectivity index (χ2v) is 7.63. The van der Waals surface area contributed by atoms with Crippen molar-refractivity contribution < 1.29 is 4.79 Å². The van der Waals surface area contributed by atoms with E-state index in [0.717, 1.165) is 23.3 Å². The molecule has 0 saturated carbocycles. The number of carbonyl (C=O) groups excluding carboxylic acids is 1. The molecule has 21 heavy (non-hydrogen) atoms. The Balaban J connectivity index is 2.86. The number of nitrogens with zero attached hydrogens (tertiary/aromatic N) is 2. The number of amides is 1. The highest BCUT2D eigenvalue weighted by atomic mass is 79.9. The van der Waals surface area contributed by atoms with E-state index in [2.05, 4.69) is 33.8 Å². The summed E-state index contributed by atoms with van der Waals surface area (Å²) in [5, 5.41) is 0. The van der Waals surface area contributed by atoms with E-state index in [0.29, 0.717) is 6.54 Å². The SMILES string of the molecule is CCC(N)C(c1ccc(Br)s1)N(C)CC(=O)N(CC)CC. The largest absolute Gasteiger partial charge is 0.342 e. The predicted octanol–water partition coefficient (Wildman–Crippen LogP) is 3.09. The first-order valence-electron chi connectivity index (χ1n) is 7.43. The quantitative estimate of drug-likeness (QED) is 0.759. The van der Waals surface area contributed by atoms with E-state index in [1.165, 1.54) is 4.88 Å². The van der Waals surface area contributed by atoms with Crippen LogP contribution in [0.5, 0.6) is 0 Å². The molecule has 6 heteroatoms. The van der Waals surface area contributed by atoms with Crippen LogP contribution in [0.4, 0.5) is 0 Å². The minimum atomic E-state index is 0.0186. The number of likely N-dealkylation sites (N-methyl/N-ethyl adjacent to an activating group) is 2. The molecule has 0 bridgehead atoms. The van der Waals surface area contributed by atoms with E-state index in [1.807, 2.05) is 31.9 Å². The van der Waals surface area contributed by atoms with Gasteiger partial charge in [-0.15, -0.1) is 11.3 Å². The number of rotatable bonds is 8. The maximum atomic E-state index is 12.3. The molecule has 2 unspecified atom stereocenters. The van der Waals surface area contributed by atoms with Crippen LogP contribution in [0.2, 0.25) is 0 Å². The van der Waals surface area contributed by atoms with Gasteiger partial charge in [0.1, 0.15) is 0 Å². The van der Waals surface area contributed by atoms with Gasteiger partial charge in [-0.05, 0) is 55.4 Å². The summed E-state index contributed by atoms with van der Waals surface area (Å²) in [7, 11) is 1.98. The van der Waals surface area contributed by atoms with E-state index in [4.69, 9.17) is 5.73 Å². The van der Waals surface area contributed by atoms with E-state index in [9.17, 15) is 4.79 Å². The van der Waals surface area contributed by atoms with E-state index in [1.54, 1.807) is 11.3 Å². The van der Waals surface area contributed by atoms with Crippen LogP contribution in [0.3, 0.4) is 0 Å². The van der Waals surface area contributed by atoms with Gasteiger partial charge < -0.3 is 10.6 Å². The van der Waals surface area contributed by atoms with Crippen molar-refractivity contribution in [3.63, 3.8) is 0 Å². The molecule has 4 nitrogen and oxygen atoms in total. The number of thiophene rings is 1. The molecule has 1 rings (SSSR count). The van der Waals surface area contributed by atoms with Crippen molar-refractivity contribution >= 4 is 33.2 Å². The molecule has 1 aromatic heterocycles. The Hall–Kier alpha value is -0.430.